The second-order valence-corrected chi connectivity index (χ2v) is 9.76. The fourth-order valence-electron chi connectivity index (χ4n) is 4.30. The molecular weight excluding hydrogens is 378 g/mol. The molecule has 5 nitrogen and oxygen atoms in total. The summed E-state index contributed by atoms with van der Waals surface area (Å²) in [6.07, 6.45) is 10.5. The van der Waals surface area contributed by atoms with E-state index in [9.17, 15) is 9.59 Å². The zero-order valence-electron chi connectivity index (χ0n) is 15.9. The lowest BCUT2D eigenvalue weighted by Crippen LogP contribution is -2.37. The van der Waals surface area contributed by atoms with Gasteiger partial charge in [0.15, 0.2) is 0 Å². The van der Waals surface area contributed by atoms with Gasteiger partial charge < -0.3 is 9.88 Å². The van der Waals surface area contributed by atoms with Crippen LogP contribution in [0, 0.1) is 0 Å². The first kappa shape index (κ1) is 19.0. The van der Waals surface area contributed by atoms with Gasteiger partial charge in [0.2, 0.25) is 5.91 Å². The Balaban J connectivity index is 1.36. The lowest BCUT2D eigenvalue weighted by atomic mass is 10.1. The van der Waals surface area contributed by atoms with Crippen molar-refractivity contribution in [2.45, 2.75) is 69.6 Å². The number of carbonyl (C=O) groups excluding carboxylic acids is 1. The predicted octanol–water partition coefficient (Wildman–Crippen LogP) is 3.89. The number of aromatic amines is 1. The highest BCUT2D eigenvalue weighted by Gasteiger charge is 2.22. The van der Waals surface area contributed by atoms with Gasteiger partial charge in [-0.3, -0.25) is 9.59 Å². The molecule has 0 saturated heterocycles. The van der Waals surface area contributed by atoms with Crippen molar-refractivity contribution in [3.05, 3.63) is 26.6 Å². The highest BCUT2D eigenvalue weighted by atomic mass is 32.2. The van der Waals surface area contributed by atoms with Crippen LogP contribution >= 0.6 is 23.1 Å². The molecule has 0 spiro atoms. The molecule has 0 atom stereocenters. The lowest BCUT2D eigenvalue weighted by Gasteiger charge is -2.27. The lowest BCUT2D eigenvalue weighted by molar-refractivity contribution is -0.129. The van der Waals surface area contributed by atoms with E-state index in [1.165, 1.54) is 36.1 Å². The molecule has 2 aliphatic rings. The maximum Gasteiger partial charge on any atom is 0.259 e. The summed E-state index contributed by atoms with van der Waals surface area (Å²) in [5.74, 6) is 1.88. The fraction of sp³-hybridized carbons (Fsp3) is 0.650. The first-order chi connectivity index (χ1) is 13.1. The number of aromatic nitrogens is 2. The molecule has 2 heterocycles. The van der Waals surface area contributed by atoms with Crippen LogP contribution in [-0.2, 0) is 23.4 Å². The molecule has 7 heteroatoms. The quantitative estimate of drug-likeness (QED) is 0.767. The van der Waals surface area contributed by atoms with E-state index in [4.69, 9.17) is 0 Å². The van der Waals surface area contributed by atoms with E-state index in [0.717, 1.165) is 42.3 Å². The summed E-state index contributed by atoms with van der Waals surface area (Å²) in [7, 11) is 1.94. The smallest absolute Gasteiger partial charge is 0.259 e. The minimum Gasteiger partial charge on any atom is -0.342 e. The summed E-state index contributed by atoms with van der Waals surface area (Å²) in [5.41, 5.74) is 1.19. The van der Waals surface area contributed by atoms with Crippen molar-refractivity contribution in [2.24, 2.45) is 0 Å². The third-order valence-electron chi connectivity index (χ3n) is 5.85. The Kier molecular flexibility index (Phi) is 5.88. The van der Waals surface area contributed by atoms with Crippen LogP contribution in [0.25, 0.3) is 10.2 Å². The van der Waals surface area contributed by atoms with Crippen LogP contribution in [0.2, 0.25) is 0 Å². The Hall–Kier alpha value is -1.34. The van der Waals surface area contributed by atoms with Gasteiger partial charge in [-0.1, -0.05) is 25.7 Å². The molecule has 146 valence electrons. The van der Waals surface area contributed by atoms with Crippen molar-refractivity contribution >= 4 is 39.2 Å². The predicted molar refractivity (Wildman–Crippen MR) is 113 cm³/mol. The maximum absolute atomic E-state index is 12.5. The van der Waals surface area contributed by atoms with Gasteiger partial charge in [0.25, 0.3) is 5.56 Å². The molecule has 0 radical (unpaired) electrons. The molecule has 0 unspecified atom stereocenters. The number of carbonyl (C=O) groups is 1. The van der Waals surface area contributed by atoms with E-state index < -0.39 is 0 Å². The zero-order chi connectivity index (χ0) is 18.8. The molecule has 27 heavy (non-hydrogen) atoms. The van der Waals surface area contributed by atoms with E-state index >= 15 is 0 Å². The van der Waals surface area contributed by atoms with Crippen molar-refractivity contribution < 1.29 is 4.79 Å². The van der Waals surface area contributed by atoms with Crippen LogP contribution in [-0.4, -0.2) is 39.6 Å². The maximum atomic E-state index is 12.5. The molecule has 1 amide bonds. The normalized spacial score (nSPS) is 17.8. The summed E-state index contributed by atoms with van der Waals surface area (Å²) in [4.78, 5) is 36.8. The van der Waals surface area contributed by atoms with Gasteiger partial charge in [-0.25, -0.2) is 4.98 Å². The molecule has 1 saturated carbocycles. The van der Waals surface area contributed by atoms with Gasteiger partial charge in [0.05, 0.1) is 16.9 Å². The van der Waals surface area contributed by atoms with Gasteiger partial charge in [0.1, 0.15) is 10.7 Å². The Morgan fingerprint density at radius 3 is 2.78 bits per heavy atom. The molecule has 0 aromatic carbocycles. The largest absolute Gasteiger partial charge is 0.342 e. The standard InChI is InChI=1S/C20H27N3O2S2/c1-23(13-7-4-2-3-5-8-13)17(24)12-26-11-16-21-19(25)18-14-9-6-10-15(14)27-20(18)22-16/h13H,2-12H2,1H3,(H,21,22,25). The monoisotopic (exact) mass is 405 g/mol. The molecule has 0 bridgehead atoms. The highest BCUT2D eigenvalue weighted by molar-refractivity contribution is 7.99. The number of thioether (sulfide) groups is 1. The minimum atomic E-state index is -0.0168. The zero-order valence-corrected chi connectivity index (χ0v) is 17.5. The summed E-state index contributed by atoms with van der Waals surface area (Å²) in [5, 5.41) is 0.797. The second kappa shape index (κ2) is 8.35. The van der Waals surface area contributed by atoms with Crippen LogP contribution in [0.5, 0.6) is 0 Å². The summed E-state index contributed by atoms with van der Waals surface area (Å²) < 4.78 is 0. The number of fused-ring (bicyclic) bond motifs is 3. The van der Waals surface area contributed by atoms with Gasteiger partial charge in [-0.2, -0.15) is 0 Å². The topological polar surface area (TPSA) is 66.1 Å². The number of rotatable bonds is 5. The summed E-state index contributed by atoms with van der Waals surface area (Å²) in [6.45, 7) is 0. The summed E-state index contributed by atoms with van der Waals surface area (Å²) >= 11 is 3.21. The SMILES string of the molecule is CN(C(=O)CSCc1nc2sc3c(c2c(=O)[nH]1)CCC3)C1CCCCCC1. The van der Waals surface area contributed by atoms with Gasteiger partial charge >= 0.3 is 0 Å². The van der Waals surface area contributed by atoms with Crippen molar-refractivity contribution in [3.8, 4) is 0 Å². The van der Waals surface area contributed by atoms with Gasteiger partial charge in [-0.05, 0) is 37.7 Å². The van der Waals surface area contributed by atoms with E-state index in [2.05, 4.69) is 9.97 Å². The van der Waals surface area contributed by atoms with E-state index in [1.54, 1.807) is 23.1 Å². The average molecular weight is 406 g/mol. The molecule has 2 aliphatic carbocycles. The number of amides is 1. The van der Waals surface area contributed by atoms with Crippen molar-refractivity contribution in [1.82, 2.24) is 14.9 Å². The number of nitrogens with zero attached hydrogens (tertiary/aromatic N) is 2. The first-order valence-electron chi connectivity index (χ1n) is 10.0. The number of nitrogens with one attached hydrogen (secondary N) is 1. The van der Waals surface area contributed by atoms with Gasteiger partial charge in [-0.15, -0.1) is 23.1 Å². The number of aryl methyl sites for hydroxylation is 2. The number of hydrogen-bond acceptors (Lipinski definition) is 5. The number of H-pyrrole nitrogens is 1. The Bertz CT molecular complexity index is 881. The van der Waals surface area contributed by atoms with E-state index in [0.29, 0.717) is 23.4 Å². The first-order valence-corrected chi connectivity index (χ1v) is 12.0. The van der Waals surface area contributed by atoms with Crippen molar-refractivity contribution in [1.29, 1.82) is 0 Å². The second-order valence-electron chi connectivity index (χ2n) is 7.69. The van der Waals surface area contributed by atoms with Crippen LogP contribution in [0.15, 0.2) is 4.79 Å². The molecule has 2 aromatic rings. The molecule has 2 aromatic heterocycles. The fourth-order valence-corrected chi connectivity index (χ4v) is 6.39. The molecule has 1 N–H and O–H groups in total. The highest BCUT2D eigenvalue weighted by Crippen LogP contribution is 2.34. The Morgan fingerprint density at radius 2 is 2.00 bits per heavy atom. The molecule has 0 aliphatic heterocycles. The van der Waals surface area contributed by atoms with Crippen LogP contribution < -0.4 is 5.56 Å². The van der Waals surface area contributed by atoms with E-state index in [-0.39, 0.29) is 11.5 Å². The third kappa shape index (κ3) is 4.09. The number of hydrogen-bond donors (Lipinski definition) is 1. The third-order valence-corrected chi connectivity index (χ3v) is 7.97. The average Bonchev–Trinajstić information content (AvgIpc) is 3.11. The Labute approximate surface area is 167 Å². The van der Waals surface area contributed by atoms with Crippen LogP contribution in [0.3, 0.4) is 0 Å². The molecule has 4 rings (SSSR count). The minimum absolute atomic E-state index is 0.0168. The van der Waals surface area contributed by atoms with E-state index in [1.807, 2.05) is 11.9 Å². The molecule has 1 fully saturated rings. The van der Waals surface area contributed by atoms with Crippen molar-refractivity contribution in [2.75, 3.05) is 12.8 Å². The van der Waals surface area contributed by atoms with Crippen molar-refractivity contribution in [3.63, 3.8) is 0 Å². The summed E-state index contributed by atoms with van der Waals surface area (Å²) in [6, 6.07) is 0.392. The van der Waals surface area contributed by atoms with Gasteiger partial charge in [0, 0.05) is 18.0 Å². The Morgan fingerprint density at radius 1 is 1.22 bits per heavy atom. The van der Waals surface area contributed by atoms with Crippen LogP contribution in [0.4, 0.5) is 0 Å². The number of thiophene rings is 1. The molecular formula is C20H27N3O2S2. The van der Waals surface area contributed by atoms with Crippen LogP contribution in [0.1, 0.15) is 61.2 Å².